The van der Waals surface area contributed by atoms with Gasteiger partial charge in [-0.05, 0) is 25.5 Å². The molecule has 0 fully saturated rings. The summed E-state index contributed by atoms with van der Waals surface area (Å²) < 4.78 is 29.0. The van der Waals surface area contributed by atoms with E-state index in [1.165, 1.54) is 6.20 Å². The second kappa shape index (κ2) is 5.85. The van der Waals surface area contributed by atoms with Crippen LogP contribution in [-0.2, 0) is 22.4 Å². The molecule has 5 nitrogen and oxygen atoms in total. The number of benzene rings is 1. The van der Waals surface area contributed by atoms with Crippen LogP contribution in [-0.4, -0.2) is 18.0 Å². The Morgan fingerprint density at radius 3 is 2.65 bits per heavy atom. The quantitative estimate of drug-likeness (QED) is 0.863. The lowest BCUT2D eigenvalue weighted by atomic mass is 10.2. The minimum atomic E-state index is -3.70. The summed E-state index contributed by atoms with van der Waals surface area (Å²) in [7, 11) is -3.70. The van der Waals surface area contributed by atoms with Gasteiger partial charge in [0.25, 0.3) is 10.0 Å². The second-order valence-electron chi connectivity index (χ2n) is 4.31. The number of nitrogens with one attached hydrogen (secondary N) is 1. The van der Waals surface area contributed by atoms with Crippen molar-refractivity contribution in [3.63, 3.8) is 0 Å². The number of para-hydroxylation sites is 1. The van der Waals surface area contributed by atoms with Crippen LogP contribution >= 0.6 is 11.6 Å². The Hall–Kier alpha value is -1.53. The maximum absolute atomic E-state index is 12.3. The first-order valence-corrected chi connectivity index (χ1v) is 8.20. The van der Waals surface area contributed by atoms with Crippen LogP contribution in [0, 0.1) is 6.92 Å². The summed E-state index contributed by atoms with van der Waals surface area (Å²) in [5.74, 6) is 0.903. The van der Waals surface area contributed by atoms with E-state index < -0.39 is 10.0 Å². The molecule has 1 N–H and O–H groups in total. The summed E-state index contributed by atoms with van der Waals surface area (Å²) in [6, 6.07) is 7.02. The molecule has 1 heterocycles. The fourth-order valence-corrected chi connectivity index (χ4v) is 3.21. The van der Waals surface area contributed by atoms with Gasteiger partial charge >= 0.3 is 0 Å². The molecule has 1 aromatic carbocycles. The van der Waals surface area contributed by atoms with Crippen LogP contribution in [0.3, 0.4) is 0 Å². The monoisotopic (exact) mass is 313 g/mol. The van der Waals surface area contributed by atoms with E-state index in [0.717, 1.165) is 5.56 Å². The molecule has 0 aliphatic heterocycles. The summed E-state index contributed by atoms with van der Waals surface area (Å²) >= 11 is 5.80. The van der Waals surface area contributed by atoms with Gasteiger partial charge in [-0.2, -0.15) is 8.42 Å². The maximum Gasteiger partial charge on any atom is 0.280 e. The van der Waals surface area contributed by atoms with Crippen LogP contribution in [0.15, 0.2) is 35.5 Å². The van der Waals surface area contributed by atoms with Gasteiger partial charge < -0.3 is 4.57 Å². The molecule has 20 heavy (non-hydrogen) atoms. The average molecular weight is 314 g/mol. The molecule has 0 aliphatic rings. The van der Waals surface area contributed by atoms with Gasteiger partial charge in [0.2, 0.25) is 0 Å². The highest BCUT2D eigenvalue weighted by Crippen LogP contribution is 2.21. The fraction of sp³-hybridized carbons (Fsp3) is 0.308. The lowest BCUT2D eigenvalue weighted by molar-refractivity contribution is 0.598. The minimum absolute atomic E-state index is 0.0150. The third-order valence-corrected chi connectivity index (χ3v) is 4.50. The zero-order valence-electron chi connectivity index (χ0n) is 11.3. The van der Waals surface area contributed by atoms with Gasteiger partial charge in [0.05, 0.1) is 5.69 Å². The summed E-state index contributed by atoms with van der Waals surface area (Å²) in [6.45, 7) is 4.38. The molecular formula is C13H16ClN3O2S. The zero-order chi connectivity index (χ0) is 14.8. The summed E-state index contributed by atoms with van der Waals surface area (Å²) in [4.78, 5) is 4.08. The second-order valence-corrected chi connectivity index (χ2v) is 6.21. The van der Waals surface area contributed by atoms with Crippen molar-refractivity contribution in [1.82, 2.24) is 9.55 Å². The van der Waals surface area contributed by atoms with Crippen molar-refractivity contribution in [1.29, 1.82) is 0 Å². The molecule has 0 saturated carbocycles. The van der Waals surface area contributed by atoms with Gasteiger partial charge in [-0.25, -0.2) is 4.98 Å². The van der Waals surface area contributed by atoms with E-state index in [-0.39, 0.29) is 10.9 Å². The van der Waals surface area contributed by atoms with Crippen molar-refractivity contribution in [2.75, 3.05) is 4.72 Å². The standard InChI is InChI=1S/C13H16ClN3O2S/c1-3-17-9-13(15-10(17)2)20(18,19)16-12-7-5-4-6-11(12)8-14/h4-7,9,16H,3,8H2,1-2H3. The molecule has 7 heteroatoms. The molecule has 2 rings (SSSR count). The van der Waals surface area contributed by atoms with Crippen LogP contribution in [0.5, 0.6) is 0 Å². The van der Waals surface area contributed by atoms with Crippen molar-refractivity contribution >= 4 is 27.3 Å². The molecule has 0 radical (unpaired) electrons. The highest BCUT2D eigenvalue weighted by atomic mass is 35.5. The molecule has 2 aromatic rings. The Bertz CT molecular complexity index is 710. The lowest BCUT2D eigenvalue weighted by Gasteiger charge is -2.09. The number of aromatic nitrogens is 2. The number of hydrogen-bond donors (Lipinski definition) is 1. The first-order valence-electron chi connectivity index (χ1n) is 6.18. The van der Waals surface area contributed by atoms with Gasteiger partial charge in [0, 0.05) is 18.6 Å². The SMILES string of the molecule is CCn1cc(S(=O)(=O)Nc2ccccc2CCl)nc1C. The summed E-state index contributed by atoms with van der Waals surface area (Å²) in [5.41, 5.74) is 1.20. The number of hydrogen-bond acceptors (Lipinski definition) is 3. The van der Waals surface area contributed by atoms with Crippen molar-refractivity contribution in [2.24, 2.45) is 0 Å². The molecule has 0 saturated heterocycles. The summed E-state index contributed by atoms with van der Waals surface area (Å²) in [5, 5.41) is 0.0150. The van der Waals surface area contributed by atoms with Crippen molar-refractivity contribution in [3.8, 4) is 0 Å². The average Bonchev–Trinajstić information content (AvgIpc) is 2.81. The number of alkyl halides is 1. The van der Waals surface area contributed by atoms with Crippen molar-refractivity contribution in [2.45, 2.75) is 31.3 Å². The number of nitrogens with zero attached hydrogens (tertiary/aromatic N) is 2. The van der Waals surface area contributed by atoms with Crippen LogP contribution < -0.4 is 4.72 Å². The van der Waals surface area contributed by atoms with Gasteiger partial charge in [-0.1, -0.05) is 18.2 Å². The number of imidazole rings is 1. The smallest absolute Gasteiger partial charge is 0.280 e. The Morgan fingerprint density at radius 2 is 2.05 bits per heavy atom. The fourth-order valence-electron chi connectivity index (χ4n) is 1.86. The molecule has 0 atom stereocenters. The summed E-state index contributed by atoms with van der Waals surface area (Å²) in [6.07, 6.45) is 1.53. The Balaban J connectivity index is 2.35. The lowest BCUT2D eigenvalue weighted by Crippen LogP contribution is -2.14. The number of anilines is 1. The van der Waals surface area contributed by atoms with Gasteiger partial charge in [0.1, 0.15) is 5.82 Å². The van der Waals surface area contributed by atoms with E-state index in [1.807, 2.05) is 13.0 Å². The predicted molar refractivity (Wildman–Crippen MR) is 79.4 cm³/mol. The largest absolute Gasteiger partial charge is 0.334 e. The van der Waals surface area contributed by atoms with E-state index in [9.17, 15) is 8.42 Å². The van der Waals surface area contributed by atoms with Crippen LogP contribution in [0.2, 0.25) is 0 Å². The van der Waals surface area contributed by atoms with Crippen LogP contribution in [0.25, 0.3) is 0 Å². The molecule has 0 spiro atoms. The van der Waals surface area contributed by atoms with E-state index >= 15 is 0 Å². The van der Waals surface area contributed by atoms with Crippen molar-refractivity contribution < 1.29 is 8.42 Å². The number of aryl methyl sites for hydroxylation is 2. The minimum Gasteiger partial charge on any atom is -0.334 e. The predicted octanol–water partition coefficient (Wildman–Crippen LogP) is 2.75. The van der Waals surface area contributed by atoms with Gasteiger partial charge in [-0.15, -0.1) is 11.6 Å². The van der Waals surface area contributed by atoms with E-state index in [2.05, 4.69) is 9.71 Å². The first-order chi connectivity index (χ1) is 9.47. The van der Waals surface area contributed by atoms with E-state index in [0.29, 0.717) is 18.1 Å². The Labute approximate surface area is 123 Å². The zero-order valence-corrected chi connectivity index (χ0v) is 12.9. The molecule has 0 unspecified atom stereocenters. The molecule has 0 bridgehead atoms. The number of rotatable bonds is 5. The molecule has 0 aliphatic carbocycles. The van der Waals surface area contributed by atoms with Gasteiger partial charge in [-0.3, -0.25) is 4.72 Å². The van der Waals surface area contributed by atoms with E-state index in [4.69, 9.17) is 11.6 Å². The van der Waals surface area contributed by atoms with Crippen molar-refractivity contribution in [3.05, 3.63) is 41.9 Å². The highest BCUT2D eigenvalue weighted by molar-refractivity contribution is 7.92. The molecule has 1 aromatic heterocycles. The normalized spacial score (nSPS) is 11.6. The molecular weight excluding hydrogens is 298 g/mol. The third-order valence-electron chi connectivity index (χ3n) is 2.98. The van der Waals surface area contributed by atoms with Crippen LogP contribution in [0.4, 0.5) is 5.69 Å². The Morgan fingerprint density at radius 1 is 1.35 bits per heavy atom. The molecule has 108 valence electrons. The van der Waals surface area contributed by atoms with Gasteiger partial charge in [0.15, 0.2) is 5.03 Å². The third kappa shape index (κ3) is 2.96. The topological polar surface area (TPSA) is 64.0 Å². The number of sulfonamides is 1. The van der Waals surface area contributed by atoms with E-state index in [1.54, 1.807) is 29.7 Å². The highest BCUT2D eigenvalue weighted by Gasteiger charge is 2.20. The Kier molecular flexibility index (Phi) is 4.35. The number of halogens is 1. The molecule has 0 amide bonds. The van der Waals surface area contributed by atoms with Crippen LogP contribution in [0.1, 0.15) is 18.3 Å². The first kappa shape index (κ1) is 14.9. The maximum atomic E-state index is 12.3.